The fourth-order valence-electron chi connectivity index (χ4n) is 1.03. The molecule has 0 radical (unpaired) electrons. The molecule has 8 nitrogen and oxygen atoms in total. The molecular formula is C8H11BrO8. The second-order valence-corrected chi connectivity index (χ2v) is 4.04. The Labute approximate surface area is 104 Å². The quantitative estimate of drug-likeness (QED) is 0.264. The molecule has 0 rings (SSSR count). The lowest BCUT2D eigenvalue weighted by Crippen LogP contribution is -2.61. The van der Waals surface area contributed by atoms with Gasteiger partial charge in [-0.15, -0.1) is 0 Å². The maximum atomic E-state index is 11.0. The van der Waals surface area contributed by atoms with Crippen molar-refractivity contribution in [1.82, 2.24) is 0 Å². The first kappa shape index (κ1) is 16.1. The maximum absolute atomic E-state index is 11.0. The fourth-order valence-corrected chi connectivity index (χ4v) is 1.54. The molecule has 0 aromatic rings. The Balaban J connectivity index is 5.25. The number of aliphatic hydroxyl groups excluding tert-OH is 3. The van der Waals surface area contributed by atoms with Crippen LogP contribution in [0.2, 0.25) is 0 Å². The Hall–Kier alpha value is -0.870. The van der Waals surface area contributed by atoms with Gasteiger partial charge in [-0.1, -0.05) is 0 Å². The lowest BCUT2D eigenvalue weighted by Gasteiger charge is -2.31. The van der Waals surface area contributed by atoms with Gasteiger partial charge >= 0.3 is 5.97 Å². The molecule has 4 atom stereocenters. The third kappa shape index (κ3) is 3.07. The number of hydrogen-bond acceptors (Lipinski definition) is 7. The molecule has 0 aliphatic carbocycles. The van der Waals surface area contributed by atoms with Gasteiger partial charge in [0.25, 0.3) is 0 Å². The minimum Gasteiger partial charge on any atom is -0.479 e. The van der Waals surface area contributed by atoms with Crippen LogP contribution in [0.1, 0.15) is 6.92 Å². The number of carboxylic acids is 1. The largest absolute Gasteiger partial charge is 0.479 e. The lowest BCUT2D eigenvalue weighted by molar-refractivity contribution is -0.181. The van der Waals surface area contributed by atoms with E-state index in [0.717, 1.165) is 6.92 Å². The molecule has 0 unspecified atom stereocenters. The first-order chi connectivity index (χ1) is 7.56. The van der Waals surface area contributed by atoms with Crippen molar-refractivity contribution >= 4 is 32.4 Å². The van der Waals surface area contributed by atoms with Crippen LogP contribution in [0.4, 0.5) is 0 Å². The van der Waals surface area contributed by atoms with Crippen LogP contribution in [0.15, 0.2) is 0 Å². The van der Waals surface area contributed by atoms with Gasteiger partial charge < -0.3 is 25.5 Å². The molecule has 0 aromatic carbocycles. The summed E-state index contributed by atoms with van der Waals surface area (Å²) in [6.45, 7) is 0.752. The van der Waals surface area contributed by atoms with E-state index in [-0.39, 0.29) is 0 Å². The lowest BCUT2D eigenvalue weighted by atomic mass is 9.88. The van der Waals surface area contributed by atoms with Crippen molar-refractivity contribution < 1.29 is 39.9 Å². The van der Waals surface area contributed by atoms with Gasteiger partial charge in [0.05, 0.1) is 0 Å². The van der Waals surface area contributed by atoms with E-state index in [4.69, 9.17) is 10.2 Å². The summed E-state index contributed by atoms with van der Waals surface area (Å²) in [6, 6.07) is 0. The first-order valence-corrected chi connectivity index (χ1v) is 5.06. The van der Waals surface area contributed by atoms with Crippen LogP contribution in [-0.4, -0.2) is 65.9 Å². The average Bonchev–Trinajstić information content (AvgIpc) is 2.23. The predicted octanol–water partition coefficient (Wildman–Crippen LogP) is -2.60. The third-order valence-electron chi connectivity index (χ3n) is 2.16. The molecule has 0 saturated heterocycles. The van der Waals surface area contributed by atoms with Crippen LogP contribution in [0, 0.1) is 0 Å². The Morgan fingerprint density at radius 1 is 1.18 bits per heavy atom. The van der Waals surface area contributed by atoms with Crippen LogP contribution in [0.3, 0.4) is 0 Å². The molecule has 0 bridgehead atoms. The Bertz CT molecular complexity index is 326. The highest BCUT2D eigenvalue weighted by atomic mass is 79.9. The zero-order chi connectivity index (χ0) is 14.0. The van der Waals surface area contributed by atoms with Gasteiger partial charge in [0.1, 0.15) is 12.2 Å². The number of Topliss-reactive ketones (excluding diaryl/α,β-unsaturated/α-hetero) is 1. The number of rotatable bonds is 6. The second kappa shape index (κ2) is 5.65. The number of aliphatic hydroxyl groups is 4. The van der Waals surface area contributed by atoms with Gasteiger partial charge in [0.2, 0.25) is 10.3 Å². The monoisotopic (exact) mass is 314 g/mol. The van der Waals surface area contributed by atoms with Gasteiger partial charge in [-0.05, 0) is 22.9 Å². The molecule has 0 aliphatic heterocycles. The van der Waals surface area contributed by atoms with E-state index in [1.807, 2.05) is 0 Å². The Morgan fingerprint density at radius 3 is 1.82 bits per heavy atom. The first-order valence-electron chi connectivity index (χ1n) is 4.27. The van der Waals surface area contributed by atoms with Crippen LogP contribution in [0.5, 0.6) is 0 Å². The van der Waals surface area contributed by atoms with E-state index in [0.29, 0.717) is 0 Å². The second-order valence-electron chi connectivity index (χ2n) is 3.31. The Kier molecular flexibility index (Phi) is 5.36. The number of halogens is 1. The van der Waals surface area contributed by atoms with Gasteiger partial charge in [-0.3, -0.25) is 9.59 Å². The molecule has 0 aromatic heterocycles. The minimum atomic E-state index is -3.03. The van der Waals surface area contributed by atoms with E-state index in [9.17, 15) is 29.7 Å². The summed E-state index contributed by atoms with van der Waals surface area (Å²) in [5.74, 6) is -3.10. The minimum absolute atomic E-state index is 0.752. The number of carbonyl (C=O) groups excluding carboxylic acids is 2. The van der Waals surface area contributed by atoms with Gasteiger partial charge in [-0.2, -0.15) is 0 Å². The normalized spacial score (nSPS) is 19.9. The maximum Gasteiger partial charge on any atom is 0.335 e. The number of carbonyl (C=O) groups is 3. The van der Waals surface area contributed by atoms with E-state index >= 15 is 0 Å². The van der Waals surface area contributed by atoms with Crippen molar-refractivity contribution in [2.24, 2.45) is 0 Å². The molecule has 0 aliphatic rings. The van der Waals surface area contributed by atoms with E-state index in [1.54, 1.807) is 0 Å². The van der Waals surface area contributed by atoms with E-state index < -0.39 is 40.4 Å². The van der Waals surface area contributed by atoms with E-state index in [2.05, 4.69) is 15.9 Å². The summed E-state index contributed by atoms with van der Waals surface area (Å²) in [4.78, 5) is 32.4. The highest BCUT2D eigenvalue weighted by molar-refractivity contribution is 9.18. The zero-order valence-electron chi connectivity index (χ0n) is 8.57. The molecule has 0 heterocycles. The molecular weight excluding hydrogens is 304 g/mol. The molecule has 0 fully saturated rings. The van der Waals surface area contributed by atoms with Gasteiger partial charge in [0.15, 0.2) is 11.9 Å². The highest BCUT2D eigenvalue weighted by Crippen LogP contribution is 2.21. The standard InChI is InChI=1S/C8H11BrO8/c1-2(10)8(17,7(9)16)5(13)3(11)4(12)6(14)15/h3-5,11-13,17H,1H3,(H,14,15)/t3-,4+,5+,8-/m1/s1. The van der Waals surface area contributed by atoms with Crippen molar-refractivity contribution in [2.45, 2.75) is 30.8 Å². The zero-order valence-corrected chi connectivity index (χ0v) is 10.2. The number of aliphatic carboxylic acids is 1. The summed E-state index contributed by atoms with van der Waals surface area (Å²) in [5.41, 5.74) is -3.03. The third-order valence-corrected chi connectivity index (χ3v) is 2.77. The molecule has 98 valence electrons. The smallest absolute Gasteiger partial charge is 0.335 e. The van der Waals surface area contributed by atoms with Gasteiger partial charge in [0, 0.05) is 0 Å². The molecule has 17 heavy (non-hydrogen) atoms. The molecule has 5 N–H and O–H groups in total. The fraction of sp³-hybridized carbons (Fsp3) is 0.625. The molecule has 0 spiro atoms. The van der Waals surface area contributed by atoms with Gasteiger partial charge in [-0.25, -0.2) is 4.79 Å². The van der Waals surface area contributed by atoms with Crippen molar-refractivity contribution in [1.29, 1.82) is 0 Å². The van der Waals surface area contributed by atoms with Crippen molar-refractivity contribution in [3.63, 3.8) is 0 Å². The highest BCUT2D eigenvalue weighted by Gasteiger charge is 2.52. The van der Waals surface area contributed by atoms with Crippen molar-refractivity contribution in [3.05, 3.63) is 0 Å². The summed E-state index contributed by atoms with van der Waals surface area (Å²) < 4.78 is -1.36. The number of ketones is 1. The Morgan fingerprint density at radius 2 is 1.59 bits per heavy atom. The number of carboxylic acid groups (broad SMARTS) is 1. The average molecular weight is 315 g/mol. The summed E-state index contributed by atoms with van der Waals surface area (Å²) >= 11 is 2.24. The topological polar surface area (TPSA) is 152 Å². The van der Waals surface area contributed by atoms with Crippen LogP contribution < -0.4 is 0 Å². The van der Waals surface area contributed by atoms with Crippen LogP contribution >= 0.6 is 15.9 Å². The van der Waals surface area contributed by atoms with Crippen molar-refractivity contribution in [3.8, 4) is 0 Å². The summed E-state index contributed by atoms with van der Waals surface area (Å²) in [7, 11) is 0. The van der Waals surface area contributed by atoms with Crippen LogP contribution in [-0.2, 0) is 14.4 Å². The number of hydrogen-bond donors (Lipinski definition) is 5. The SMILES string of the molecule is CC(=O)[C@](O)(C(=O)Br)[C@@H](O)[C@H](O)[C@H](O)C(=O)O. The predicted molar refractivity (Wildman–Crippen MR) is 55.2 cm³/mol. The summed E-state index contributed by atoms with van der Waals surface area (Å²) in [6.07, 6.45) is -7.36. The molecule has 0 saturated carbocycles. The van der Waals surface area contributed by atoms with Crippen LogP contribution in [0.25, 0.3) is 0 Å². The van der Waals surface area contributed by atoms with E-state index in [1.165, 1.54) is 0 Å². The molecule has 9 heteroatoms. The summed E-state index contributed by atoms with van der Waals surface area (Å²) in [5, 5.41) is 45.5. The van der Waals surface area contributed by atoms with Crippen molar-refractivity contribution in [2.75, 3.05) is 0 Å². The molecule has 0 amide bonds.